The van der Waals surface area contributed by atoms with Gasteiger partial charge in [-0.2, -0.15) is 0 Å². The van der Waals surface area contributed by atoms with Gasteiger partial charge in [-0.25, -0.2) is 4.79 Å². The first-order valence-electron chi connectivity index (χ1n) is 8.14. The maximum atomic E-state index is 12.7. The second-order valence-corrected chi connectivity index (χ2v) is 6.11. The molecule has 126 valence electrons. The molecule has 1 aromatic heterocycles. The molecule has 4 heteroatoms. The molecule has 1 heterocycles. The van der Waals surface area contributed by atoms with Crippen molar-refractivity contribution in [1.82, 2.24) is 4.98 Å². The number of pyridine rings is 1. The van der Waals surface area contributed by atoms with E-state index < -0.39 is 12.1 Å². The Morgan fingerprint density at radius 1 is 1.00 bits per heavy atom. The van der Waals surface area contributed by atoms with Crippen molar-refractivity contribution >= 4 is 22.7 Å². The Morgan fingerprint density at radius 3 is 2.44 bits per heavy atom. The van der Waals surface area contributed by atoms with Crippen LogP contribution in [0.2, 0.25) is 0 Å². The Hall–Kier alpha value is -3.01. The summed E-state index contributed by atoms with van der Waals surface area (Å²) in [6.45, 7) is 5.37. The van der Waals surface area contributed by atoms with Crippen molar-refractivity contribution in [1.29, 1.82) is 0 Å². The minimum atomic E-state index is -0.858. The van der Waals surface area contributed by atoms with Crippen molar-refractivity contribution in [2.75, 3.05) is 0 Å². The van der Waals surface area contributed by atoms with E-state index in [2.05, 4.69) is 4.98 Å². The second-order valence-electron chi connectivity index (χ2n) is 6.11. The third-order valence-corrected chi connectivity index (χ3v) is 4.02. The molecule has 0 spiro atoms. The zero-order valence-corrected chi connectivity index (χ0v) is 14.4. The van der Waals surface area contributed by atoms with Crippen LogP contribution in [0.25, 0.3) is 10.9 Å². The number of ether oxygens (including phenoxy) is 1. The summed E-state index contributed by atoms with van der Waals surface area (Å²) >= 11 is 0. The average molecular weight is 333 g/mol. The van der Waals surface area contributed by atoms with Crippen LogP contribution in [0, 0.1) is 13.8 Å². The predicted molar refractivity (Wildman–Crippen MR) is 96.9 cm³/mol. The van der Waals surface area contributed by atoms with Gasteiger partial charge in [0.1, 0.15) is 0 Å². The van der Waals surface area contributed by atoms with E-state index in [4.69, 9.17) is 4.74 Å². The Balaban J connectivity index is 1.90. The number of fused-ring (bicyclic) bond motifs is 1. The van der Waals surface area contributed by atoms with Gasteiger partial charge in [0, 0.05) is 16.6 Å². The molecule has 0 aliphatic carbocycles. The van der Waals surface area contributed by atoms with E-state index in [1.54, 1.807) is 37.3 Å². The van der Waals surface area contributed by atoms with Crippen molar-refractivity contribution in [3.63, 3.8) is 0 Å². The number of Topliss-reactive ketones (excluding diaryl/α,β-unsaturated/α-hetero) is 1. The van der Waals surface area contributed by atoms with E-state index in [0.29, 0.717) is 11.1 Å². The zero-order valence-electron chi connectivity index (χ0n) is 14.4. The standard InChI is InChI=1S/C21H19NO3/c1-13-9-10-19-17(11-13)18(12-14(2)22-19)21(24)25-15(3)20(23)16-7-5-4-6-8-16/h4-12,15H,1-3H3/t15-/m1/s1. The summed E-state index contributed by atoms with van der Waals surface area (Å²) in [5, 5.41) is 0.731. The highest BCUT2D eigenvalue weighted by Gasteiger charge is 2.22. The fraction of sp³-hybridized carbons (Fsp3) is 0.190. The minimum Gasteiger partial charge on any atom is -0.451 e. The van der Waals surface area contributed by atoms with Crippen LogP contribution >= 0.6 is 0 Å². The lowest BCUT2D eigenvalue weighted by Crippen LogP contribution is -2.24. The predicted octanol–water partition coefficient (Wildman–Crippen LogP) is 4.28. The van der Waals surface area contributed by atoms with Gasteiger partial charge < -0.3 is 4.74 Å². The molecule has 3 aromatic rings. The van der Waals surface area contributed by atoms with Crippen molar-refractivity contribution in [3.8, 4) is 0 Å². The normalized spacial score (nSPS) is 12.0. The number of esters is 1. The highest BCUT2D eigenvalue weighted by atomic mass is 16.5. The molecular weight excluding hydrogens is 314 g/mol. The molecule has 0 fully saturated rings. The van der Waals surface area contributed by atoms with Gasteiger partial charge in [0.25, 0.3) is 0 Å². The summed E-state index contributed by atoms with van der Waals surface area (Å²) < 4.78 is 5.44. The Bertz CT molecular complexity index is 948. The molecule has 25 heavy (non-hydrogen) atoms. The highest BCUT2D eigenvalue weighted by Crippen LogP contribution is 2.21. The number of rotatable bonds is 4. The molecule has 4 nitrogen and oxygen atoms in total. The molecule has 0 N–H and O–H groups in total. The third kappa shape index (κ3) is 3.58. The summed E-state index contributed by atoms with van der Waals surface area (Å²) in [7, 11) is 0. The number of aryl methyl sites for hydroxylation is 2. The molecule has 0 aliphatic heterocycles. The smallest absolute Gasteiger partial charge is 0.339 e. The van der Waals surface area contributed by atoms with Crippen LogP contribution in [0.4, 0.5) is 0 Å². The first-order valence-corrected chi connectivity index (χ1v) is 8.14. The largest absolute Gasteiger partial charge is 0.451 e. The number of ketones is 1. The molecule has 0 radical (unpaired) electrons. The van der Waals surface area contributed by atoms with Crippen molar-refractivity contribution in [2.24, 2.45) is 0 Å². The number of nitrogens with zero attached hydrogens (tertiary/aromatic N) is 1. The van der Waals surface area contributed by atoms with Crippen LogP contribution in [0.5, 0.6) is 0 Å². The summed E-state index contributed by atoms with van der Waals surface area (Å²) in [5.74, 6) is -0.738. The molecular formula is C21H19NO3. The van der Waals surface area contributed by atoms with Crippen LogP contribution in [-0.4, -0.2) is 22.8 Å². The van der Waals surface area contributed by atoms with E-state index in [1.165, 1.54) is 0 Å². The highest BCUT2D eigenvalue weighted by molar-refractivity contribution is 6.06. The number of hydrogen-bond donors (Lipinski definition) is 0. The van der Waals surface area contributed by atoms with Crippen LogP contribution in [0.15, 0.2) is 54.6 Å². The van der Waals surface area contributed by atoms with Gasteiger partial charge in [0.2, 0.25) is 5.78 Å². The summed E-state index contributed by atoms with van der Waals surface area (Å²) in [5.41, 5.74) is 3.44. The minimum absolute atomic E-state index is 0.222. The Labute approximate surface area is 146 Å². The monoisotopic (exact) mass is 333 g/mol. The van der Waals surface area contributed by atoms with Gasteiger partial charge in [-0.05, 0) is 39.0 Å². The van der Waals surface area contributed by atoms with Crippen LogP contribution in [-0.2, 0) is 4.74 Å². The topological polar surface area (TPSA) is 56.3 Å². The fourth-order valence-corrected chi connectivity index (χ4v) is 2.76. The summed E-state index contributed by atoms with van der Waals surface area (Å²) in [6, 6.07) is 16.3. The van der Waals surface area contributed by atoms with E-state index in [1.807, 2.05) is 38.1 Å². The molecule has 1 atom stereocenters. The molecule has 0 amide bonds. The van der Waals surface area contributed by atoms with E-state index in [9.17, 15) is 9.59 Å². The van der Waals surface area contributed by atoms with Crippen molar-refractivity contribution < 1.29 is 14.3 Å². The molecule has 0 saturated carbocycles. The molecule has 0 saturated heterocycles. The zero-order chi connectivity index (χ0) is 18.0. The molecule has 2 aromatic carbocycles. The Kier molecular flexibility index (Phi) is 4.61. The molecule has 0 aliphatic rings. The van der Waals surface area contributed by atoms with E-state index >= 15 is 0 Å². The average Bonchev–Trinajstić information content (AvgIpc) is 2.61. The van der Waals surface area contributed by atoms with Gasteiger partial charge in [0.15, 0.2) is 6.10 Å². The number of carbonyl (C=O) groups is 2. The van der Waals surface area contributed by atoms with E-state index in [0.717, 1.165) is 22.2 Å². The number of hydrogen-bond acceptors (Lipinski definition) is 4. The second kappa shape index (κ2) is 6.85. The first kappa shape index (κ1) is 16.8. The first-order chi connectivity index (χ1) is 12.0. The number of benzene rings is 2. The van der Waals surface area contributed by atoms with Gasteiger partial charge in [-0.3, -0.25) is 9.78 Å². The molecule has 3 rings (SSSR count). The number of carbonyl (C=O) groups excluding carboxylic acids is 2. The summed E-state index contributed by atoms with van der Waals surface area (Å²) in [6.07, 6.45) is -0.858. The van der Waals surface area contributed by atoms with Gasteiger partial charge in [0.05, 0.1) is 11.1 Å². The van der Waals surface area contributed by atoms with Crippen LogP contribution < -0.4 is 0 Å². The van der Waals surface area contributed by atoms with E-state index in [-0.39, 0.29) is 5.78 Å². The lowest BCUT2D eigenvalue weighted by atomic mass is 10.0. The summed E-state index contributed by atoms with van der Waals surface area (Å²) in [4.78, 5) is 29.5. The third-order valence-electron chi connectivity index (χ3n) is 4.02. The van der Waals surface area contributed by atoms with Crippen molar-refractivity contribution in [2.45, 2.75) is 26.9 Å². The molecule has 0 bridgehead atoms. The lowest BCUT2D eigenvalue weighted by molar-refractivity contribution is 0.0320. The quantitative estimate of drug-likeness (QED) is 0.528. The lowest BCUT2D eigenvalue weighted by Gasteiger charge is -2.14. The maximum Gasteiger partial charge on any atom is 0.339 e. The fourth-order valence-electron chi connectivity index (χ4n) is 2.76. The van der Waals surface area contributed by atoms with Gasteiger partial charge in [-0.15, -0.1) is 0 Å². The maximum absolute atomic E-state index is 12.7. The molecule has 0 unspecified atom stereocenters. The Morgan fingerprint density at radius 2 is 1.72 bits per heavy atom. The van der Waals surface area contributed by atoms with Gasteiger partial charge >= 0.3 is 5.97 Å². The van der Waals surface area contributed by atoms with Crippen molar-refractivity contribution in [3.05, 3.63) is 77.0 Å². The number of aromatic nitrogens is 1. The van der Waals surface area contributed by atoms with Crippen LogP contribution in [0.3, 0.4) is 0 Å². The van der Waals surface area contributed by atoms with Gasteiger partial charge in [-0.1, -0.05) is 42.0 Å². The SMILES string of the molecule is Cc1ccc2nc(C)cc(C(=O)O[C@H](C)C(=O)c3ccccc3)c2c1. The van der Waals surface area contributed by atoms with Crippen LogP contribution in [0.1, 0.15) is 38.9 Å².